The molecule has 0 saturated heterocycles. The van der Waals surface area contributed by atoms with E-state index in [1.807, 2.05) is 60.7 Å². The van der Waals surface area contributed by atoms with Crippen LogP contribution in [0.3, 0.4) is 0 Å². The van der Waals surface area contributed by atoms with Gasteiger partial charge in [-0.2, -0.15) is 9.97 Å². The first kappa shape index (κ1) is 29.3. The summed E-state index contributed by atoms with van der Waals surface area (Å²) < 4.78 is 2.19. The Balaban J connectivity index is 1.39. The molecule has 0 radical (unpaired) electrons. The van der Waals surface area contributed by atoms with Gasteiger partial charge in [-0.15, -0.1) is 0 Å². The lowest BCUT2D eigenvalue weighted by Crippen LogP contribution is -2.11. The quantitative estimate of drug-likeness (QED) is 0.174. The normalized spacial score (nSPS) is 11.2. The predicted molar refractivity (Wildman–Crippen MR) is 205 cm³/mol. The molecule has 2 heterocycles. The zero-order chi connectivity index (χ0) is 33.3. The van der Waals surface area contributed by atoms with Crippen molar-refractivity contribution in [3.8, 4) is 39.9 Å². The van der Waals surface area contributed by atoms with Crippen LogP contribution in [0.25, 0.3) is 61.7 Å². The molecule has 0 atom stereocenters. The molecule has 0 amide bonds. The summed E-state index contributed by atoms with van der Waals surface area (Å²) in [6, 6.07) is 65.1. The Morgan fingerprint density at radius 3 is 1.38 bits per heavy atom. The lowest BCUT2D eigenvalue weighted by atomic mass is 9.99. The van der Waals surface area contributed by atoms with Crippen molar-refractivity contribution >= 4 is 38.9 Å². The lowest BCUT2D eigenvalue weighted by molar-refractivity contribution is 0.953. The molecule has 0 aliphatic rings. The van der Waals surface area contributed by atoms with Gasteiger partial charge in [0.2, 0.25) is 5.95 Å². The number of aromatic nitrogens is 4. The first-order valence-electron chi connectivity index (χ1n) is 16.7. The molecule has 7 aromatic carbocycles. The fourth-order valence-electron chi connectivity index (χ4n) is 6.73. The van der Waals surface area contributed by atoms with Crippen molar-refractivity contribution in [3.63, 3.8) is 0 Å². The SMILES string of the molecule is c1ccc(-c2nc(-c3ccccc3)nc(-n3c4ccccc4c4cc(-c5ccccc5)c(N(c5ccccc5)c5ccccc5)cc43)n2)cc1. The van der Waals surface area contributed by atoms with Crippen LogP contribution in [-0.4, -0.2) is 19.5 Å². The van der Waals surface area contributed by atoms with Crippen LogP contribution in [0.5, 0.6) is 0 Å². The summed E-state index contributed by atoms with van der Waals surface area (Å²) in [5.41, 5.74) is 9.32. The Bertz CT molecular complexity index is 2470. The summed E-state index contributed by atoms with van der Waals surface area (Å²) in [6.07, 6.45) is 0. The molecule has 0 spiro atoms. The summed E-state index contributed by atoms with van der Waals surface area (Å²) >= 11 is 0. The number of hydrogen-bond acceptors (Lipinski definition) is 4. The Morgan fingerprint density at radius 1 is 0.380 bits per heavy atom. The third kappa shape index (κ3) is 5.27. The number of para-hydroxylation sites is 3. The maximum absolute atomic E-state index is 5.17. The van der Waals surface area contributed by atoms with E-state index in [9.17, 15) is 0 Å². The van der Waals surface area contributed by atoms with Crippen LogP contribution in [0, 0.1) is 0 Å². The van der Waals surface area contributed by atoms with Gasteiger partial charge in [-0.25, -0.2) is 4.98 Å². The molecule has 236 valence electrons. The van der Waals surface area contributed by atoms with Gasteiger partial charge in [-0.1, -0.05) is 146 Å². The number of hydrogen-bond donors (Lipinski definition) is 0. The molecule has 0 fully saturated rings. The van der Waals surface area contributed by atoms with Crippen molar-refractivity contribution in [3.05, 3.63) is 188 Å². The van der Waals surface area contributed by atoms with Gasteiger partial charge >= 0.3 is 0 Å². The van der Waals surface area contributed by atoms with Gasteiger partial charge in [0, 0.05) is 38.8 Å². The van der Waals surface area contributed by atoms with Gasteiger partial charge in [-0.05, 0) is 48.0 Å². The highest BCUT2D eigenvalue weighted by atomic mass is 15.2. The van der Waals surface area contributed by atoms with Crippen LogP contribution in [0.15, 0.2) is 188 Å². The standard InChI is InChI=1S/C45H31N5/c1-6-18-32(19-7-1)38-30-39-37-28-16-17-29-40(37)50(42(39)31-41(38)49(35-24-12-4-13-25-35)36-26-14-5-15-27-36)45-47-43(33-20-8-2-9-21-33)46-44(48-45)34-22-10-3-11-23-34/h1-31H. The number of fused-ring (bicyclic) bond motifs is 3. The summed E-state index contributed by atoms with van der Waals surface area (Å²) in [5, 5.41) is 2.24. The number of benzene rings is 7. The summed E-state index contributed by atoms with van der Waals surface area (Å²) in [6.45, 7) is 0. The molecule has 5 heteroatoms. The summed E-state index contributed by atoms with van der Waals surface area (Å²) in [5.74, 6) is 1.81. The Labute approximate surface area is 290 Å². The molecule has 2 aromatic heterocycles. The summed E-state index contributed by atoms with van der Waals surface area (Å²) in [4.78, 5) is 17.7. The second-order valence-electron chi connectivity index (χ2n) is 12.1. The topological polar surface area (TPSA) is 46.8 Å². The number of rotatable bonds is 7. The molecule has 5 nitrogen and oxygen atoms in total. The second-order valence-corrected chi connectivity index (χ2v) is 12.1. The molecular weight excluding hydrogens is 611 g/mol. The van der Waals surface area contributed by atoms with Crippen LogP contribution in [0.2, 0.25) is 0 Å². The zero-order valence-electron chi connectivity index (χ0n) is 27.1. The number of nitrogens with zero attached hydrogens (tertiary/aromatic N) is 5. The van der Waals surface area contributed by atoms with Crippen LogP contribution in [0.4, 0.5) is 17.1 Å². The van der Waals surface area contributed by atoms with Crippen LogP contribution < -0.4 is 4.90 Å². The van der Waals surface area contributed by atoms with Crippen molar-refractivity contribution < 1.29 is 0 Å². The average molecular weight is 642 g/mol. The lowest BCUT2D eigenvalue weighted by Gasteiger charge is -2.28. The highest BCUT2D eigenvalue weighted by Crippen LogP contribution is 2.45. The maximum Gasteiger partial charge on any atom is 0.238 e. The van der Waals surface area contributed by atoms with Crippen molar-refractivity contribution in [2.45, 2.75) is 0 Å². The van der Waals surface area contributed by atoms with Crippen LogP contribution >= 0.6 is 0 Å². The molecule has 0 aliphatic carbocycles. The van der Waals surface area contributed by atoms with Gasteiger partial charge in [-0.3, -0.25) is 4.57 Å². The van der Waals surface area contributed by atoms with E-state index in [-0.39, 0.29) is 0 Å². The van der Waals surface area contributed by atoms with E-state index in [4.69, 9.17) is 15.0 Å². The van der Waals surface area contributed by atoms with Crippen molar-refractivity contribution in [2.75, 3.05) is 4.90 Å². The molecule has 50 heavy (non-hydrogen) atoms. The number of anilines is 3. The maximum atomic E-state index is 5.17. The molecular formula is C45H31N5. The molecule has 0 N–H and O–H groups in total. The van der Waals surface area contributed by atoms with Gasteiger partial charge in [0.05, 0.1) is 16.7 Å². The van der Waals surface area contributed by atoms with E-state index < -0.39 is 0 Å². The smallest absolute Gasteiger partial charge is 0.238 e. The minimum atomic E-state index is 0.563. The third-order valence-corrected chi connectivity index (χ3v) is 9.03. The van der Waals surface area contributed by atoms with E-state index in [2.05, 4.69) is 137 Å². The largest absolute Gasteiger partial charge is 0.310 e. The minimum Gasteiger partial charge on any atom is -0.310 e. The van der Waals surface area contributed by atoms with E-state index in [0.29, 0.717) is 17.6 Å². The Morgan fingerprint density at radius 2 is 0.840 bits per heavy atom. The van der Waals surface area contributed by atoms with E-state index >= 15 is 0 Å². The molecule has 0 aliphatic heterocycles. The monoisotopic (exact) mass is 641 g/mol. The van der Waals surface area contributed by atoms with Gasteiger partial charge in [0.15, 0.2) is 11.6 Å². The van der Waals surface area contributed by atoms with Gasteiger partial charge < -0.3 is 4.90 Å². The van der Waals surface area contributed by atoms with E-state index in [1.54, 1.807) is 0 Å². The second kappa shape index (κ2) is 12.6. The van der Waals surface area contributed by atoms with Crippen molar-refractivity contribution in [1.29, 1.82) is 0 Å². The molecule has 9 rings (SSSR count). The molecule has 0 bridgehead atoms. The van der Waals surface area contributed by atoms with E-state index in [1.165, 1.54) is 0 Å². The van der Waals surface area contributed by atoms with Crippen LogP contribution in [-0.2, 0) is 0 Å². The van der Waals surface area contributed by atoms with Crippen molar-refractivity contribution in [2.24, 2.45) is 0 Å². The van der Waals surface area contributed by atoms with Crippen molar-refractivity contribution in [1.82, 2.24) is 19.5 Å². The average Bonchev–Trinajstić information content (AvgIpc) is 3.52. The predicted octanol–water partition coefficient (Wildman–Crippen LogP) is 11.4. The zero-order valence-corrected chi connectivity index (χ0v) is 27.1. The van der Waals surface area contributed by atoms with E-state index in [0.717, 1.165) is 61.1 Å². The first-order chi connectivity index (χ1) is 24.8. The Kier molecular flexibility index (Phi) is 7.41. The summed E-state index contributed by atoms with van der Waals surface area (Å²) in [7, 11) is 0. The van der Waals surface area contributed by atoms with Gasteiger partial charge in [0.1, 0.15) is 0 Å². The first-order valence-corrected chi connectivity index (χ1v) is 16.7. The minimum absolute atomic E-state index is 0.563. The molecule has 0 saturated carbocycles. The molecule has 0 unspecified atom stereocenters. The van der Waals surface area contributed by atoms with Gasteiger partial charge in [0.25, 0.3) is 0 Å². The highest BCUT2D eigenvalue weighted by molar-refractivity contribution is 6.12. The fourth-order valence-corrected chi connectivity index (χ4v) is 6.73. The fraction of sp³-hybridized carbons (Fsp3) is 0. The van der Waals surface area contributed by atoms with Crippen LogP contribution in [0.1, 0.15) is 0 Å². The highest BCUT2D eigenvalue weighted by Gasteiger charge is 2.23. The third-order valence-electron chi connectivity index (χ3n) is 9.03. The molecule has 9 aromatic rings. The Hall–Kier alpha value is -6.85.